The predicted octanol–water partition coefficient (Wildman–Crippen LogP) is 4.99. The van der Waals surface area contributed by atoms with Crippen LogP contribution in [0, 0.1) is 11.8 Å². The lowest BCUT2D eigenvalue weighted by atomic mass is 9.79. The van der Waals surface area contributed by atoms with E-state index in [1.165, 1.54) is 5.03 Å². The van der Waals surface area contributed by atoms with E-state index in [1.54, 1.807) is 13.3 Å². The molecule has 3 heterocycles. The Labute approximate surface area is 217 Å². The van der Waals surface area contributed by atoms with Crippen molar-refractivity contribution in [2.24, 2.45) is 18.9 Å². The molecule has 1 aromatic carbocycles. The Bertz CT molecular complexity index is 1150. The topological polar surface area (TPSA) is 87.8 Å². The van der Waals surface area contributed by atoms with Gasteiger partial charge in [-0.05, 0) is 92.6 Å². The number of thioether (sulfide) groups is 1. The van der Waals surface area contributed by atoms with Gasteiger partial charge in [0.15, 0.2) is 0 Å². The molecule has 0 radical (unpaired) electrons. The first-order chi connectivity index (χ1) is 17.4. The van der Waals surface area contributed by atoms with Crippen molar-refractivity contribution in [2.45, 2.75) is 43.2 Å². The number of rotatable bonds is 12. The van der Waals surface area contributed by atoms with Crippen molar-refractivity contribution >= 4 is 28.6 Å². The molecule has 2 N–H and O–H groups in total. The van der Waals surface area contributed by atoms with Crippen molar-refractivity contribution in [1.29, 1.82) is 0 Å². The SMILES string of the molecule is COc1ccc2nccc([C@H](O)CC[C@@H]3CCN(CCCSc4cccn4C)C[C@@H]3CC(=O)O)c2c1. The maximum atomic E-state index is 11.6. The molecule has 0 bridgehead atoms. The maximum Gasteiger partial charge on any atom is 0.303 e. The number of hydrogen-bond acceptors (Lipinski definition) is 6. The second-order valence-corrected chi connectivity index (χ2v) is 10.9. The van der Waals surface area contributed by atoms with Crippen molar-refractivity contribution in [3.05, 3.63) is 54.4 Å². The van der Waals surface area contributed by atoms with E-state index in [9.17, 15) is 15.0 Å². The van der Waals surface area contributed by atoms with Gasteiger partial charge in [-0.3, -0.25) is 9.78 Å². The number of aliphatic hydroxyl groups excluding tert-OH is 1. The van der Waals surface area contributed by atoms with E-state index in [0.717, 1.165) is 66.9 Å². The van der Waals surface area contributed by atoms with Gasteiger partial charge < -0.3 is 24.4 Å². The molecular weight excluding hydrogens is 474 g/mol. The minimum atomic E-state index is -0.737. The number of carbonyl (C=O) groups is 1. The van der Waals surface area contributed by atoms with Crippen LogP contribution in [0.4, 0.5) is 0 Å². The largest absolute Gasteiger partial charge is 0.497 e. The molecule has 36 heavy (non-hydrogen) atoms. The molecule has 0 spiro atoms. The van der Waals surface area contributed by atoms with Crippen molar-refractivity contribution in [1.82, 2.24) is 14.5 Å². The molecule has 0 amide bonds. The molecule has 4 rings (SSSR count). The maximum absolute atomic E-state index is 11.6. The van der Waals surface area contributed by atoms with E-state index in [1.807, 2.05) is 36.0 Å². The van der Waals surface area contributed by atoms with Gasteiger partial charge >= 0.3 is 5.97 Å². The van der Waals surface area contributed by atoms with Gasteiger partial charge in [0, 0.05) is 43.5 Å². The summed E-state index contributed by atoms with van der Waals surface area (Å²) in [5.41, 5.74) is 1.68. The molecule has 3 atom stereocenters. The monoisotopic (exact) mass is 511 g/mol. The number of carboxylic acids is 1. The number of aliphatic carboxylic acids is 1. The molecule has 3 aromatic rings. The van der Waals surface area contributed by atoms with Gasteiger partial charge in [-0.1, -0.05) is 0 Å². The van der Waals surface area contributed by atoms with Gasteiger partial charge in [0.2, 0.25) is 0 Å². The number of aryl methyl sites for hydroxylation is 1. The number of aliphatic hydroxyl groups is 1. The van der Waals surface area contributed by atoms with Gasteiger partial charge in [0.25, 0.3) is 0 Å². The molecule has 1 fully saturated rings. The highest BCUT2D eigenvalue weighted by Crippen LogP contribution is 2.35. The Morgan fingerprint density at radius 3 is 2.89 bits per heavy atom. The predicted molar refractivity (Wildman–Crippen MR) is 144 cm³/mol. The van der Waals surface area contributed by atoms with E-state index in [-0.39, 0.29) is 12.3 Å². The highest BCUT2D eigenvalue weighted by molar-refractivity contribution is 7.99. The molecule has 1 aliphatic heterocycles. The second kappa shape index (κ2) is 12.6. The van der Waals surface area contributed by atoms with Crippen LogP contribution < -0.4 is 4.74 Å². The number of likely N-dealkylation sites (tertiary alicyclic amines) is 1. The van der Waals surface area contributed by atoms with E-state index in [0.29, 0.717) is 12.3 Å². The third-order valence-corrected chi connectivity index (χ3v) is 8.54. The molecule has 1 aliphatic rings. The van der Waals surface area contributed by atoms with Gasteiger partial charge in [-0.25, -0.2) is 0 Å². The summed E-state index contributed by atoms with van der Waals surface area (Å²) < 4.78 is 7.50. The molecular formula is C28H37N3O4S. The van der Waals surface area contributed by atoms with E-state index in [2.05, 4.69) is 39.8 Å². The summed E-state index contributed by atoms with van der Waals surface area (Å²) in [4.78, 5) is 18.5. The Morgan fingerprint density at radius 1 is 1.28 bits per heavy atom. The average molecular weight is 512 g/mol. The van der Waals surface area contributed by atoms with Crippen molar-refractivity contribution in [2.75, 3.05) is 32.5 Å². The zero-order chi connectivity index (χ0) is 25.5. The van der Waals surface area contributed by atoms with E-state index < -0.39 is 12.1 Å². The standard InChI is InChI=1S/C28H37N3O4S/c1-30-13-3-5-27(30)36-16-4-14-31-15-11-20(21(19-31)17-28(33)34)6-9-26(32)23-10-12-29-25-8-7-22(35-2)18-24(23)25/h3,5,7-8,10,12-13,18,20-21,26,32H,4,6,9,11,14-17,19H2,1-2H3,(H,33,34)/t20-,21+,26-/m1/s1. The van der Waals surface area contributed by atoms with Crippen LogP contribution in [0.3, 0.4) is 0 Å². The second-order valence-electron chi connectivity index (χ2n) is 9.74. The normalized spacial score (nSPS) is 19.4. The smallest absolute Gasteiger partial charge is 0.303 e. The first-order valence-electron chi connectivity index (χ1n) is 12.7. The summed E-state index contributed by atoms with van der Waals surface area (Å²) in [6.07, 6.45) is 6.82. The van der Waals surface area contributed by atoms with Crippen LogP contribution in [0.25, 0.3) is 10.9 Å². The summed E-state index contributed by atoms with van der Waals surface area (Å²) in [7, 11) is 3.69. The van der Waals surface area contributed by atoms with Crippen LogP contribution >= 0.6 is 11.8 Å². The number of fused-ring (bicyclic) bond motifs is 1. The molecule has 194 valence electrons. The van der Waals surface area contributed by atoms with Crippen LogP contribution in [0.15, 0.2) is 53.8 Å². The minimum absolute atomic E-state index is 0.109. The number of aromatic nitrogens is 2. The van der Waals surface area contributed by atoms with Gasteiger partial charge in [-0.15, -0.1) is 11.8 Å². The Balaban J connectivity index is 1.32. The number of methoxy groups -OCH3 is 1. The van der Waals surface area contributed by atoms with Gasteiger partial charge in [-0.2, -0.15) is 0 Å². The lowest BCUT2D eigenvalue weighted by Gasteiger charge is -2.38. The average Bonchev–Trinajstić information content (AvgIpc) is 3.29. The lowest BCUT2D eigenvalue weighted by Crippen LogP contribution is -2.42. The van der Waals surface area contributed by atoms with Crippen LogP contribution in [-0.4, -0.2) is 63.1 Å². The fourth-order valence-corrected chi connectivity index (χ4v) is 6.27. The quantitative estimate of drug-likeness (QED) is 0.262. The van der Waals surface area contributed by atoms with Crippen molar-refractivity contribution in [3.8, 4) is 5.75 Å². The number of piperidine rings is 1. The minimum Gasteiger partial charge on any atom is -0.497 e. The summed E-state index contributed by atoms with van der Waals surface area (Å²) in [5.74, 6) is 1.46. The first-order valence-corrected chi connectivity index (χ1v) is 13.7. The molecule has 0 saturated carbocycles. The number of ether oxygens (including phenoxy) is 1. The lowest BCUT2D eigenvalue weighted by molar-refractivity contribution is -0.139. The van der Waals surface area contributed by atoms with Crippen molar-refractivity contribution < 1.29 is 19.7 Å². The zero-order valence-electron chi connectivity index (χ0n) is 21.2. The van der Waals surface area contributed by atoms with Crippen LogP contribution in [0.2, 0.25) is 0 Å². The Kier molecular flexibility index (Phi) is 9.29. The highest BCUT2D eigenvalue weighted by atomic mass is 32.2. The molecule has 7 nitrogen and oxygen atoms in total. The fraction of sp³-hybridized carbons (Fsp3) is 0.500. The van der Waals surface area contributed by atoms with Crippen LogP contribution in [-0.2, 0) is 11.8 Å². The van der Waals surface area contributed by atoms with Crippen LogP contribution in [0.5, 0.6) is 5.75 Å². The van der Waals surface area contributed by atoms with Crippen LogP contribution in [0.1, 0.15) is 43.8 Å². The highest BCUT2D eigenvalue weighted by Gasteiger charge is 2.31. The number of carboxylic acid groups (broad SMARTS) is 1. The summed E-state index contributed by atoms with van der Waals surface area (Å²) in [6, 6.07) is 11.8. The summed E-state index contributed by atoms with van der Waals surface area (Å²) in [6.45, 7) is 2.80. The Hall–Kier alpha value is -2.55. The molecule has 2 aromatic heterocycles. The molecule has 0 unspecified atom stereocenters. The number of pyridine rings is 1. The molecule has 8 heteroatoms. The molecule has 1 saturated heterocycles. The fourth-order valence-electron chi connectivity index (χ4n) is 5.35. The molecule has 0 aliphatic carbocycles. The van der Waals surface area contributed by atoms with E-state index in [4.69, 9.17) is 4.74 Å². The number of benzene rings is 1. The van der Waals surface area contributed by atoms with E-state index >= 15 is 0 Å². The first kappa shape index (κ1) is 26.5. The van der Waals surface area contributed by atoms with Gasteiger partial charge in [0.05, 0.1) is 23.8 Å². The zero-order valence-corrected chi connectivity index (χ0v) is 22.0. The van der Waals surface area contributed by atoms with Crippen molar-refractivity contribution in [3.63, 3.8) is 0 Å². The third kappa shape index (κ3) is 6.81. The third-order valence-electron chi connectivity index (χ3n) is 7.33. The van der Waals surface area contributed by atoms with Gasteiger partial charge in [0.1, 0.15) is 5.75 Å². The number of hydrogen-bond donors (Lipinski definition) is 2. The number of nitrogens with zero attached hydrogens (tertiary/aromatic N) is 3. The summed E-state index contributed by atoms with van der Waals surface area (Å²) in [5, 5.41) is 22.8. The summed E-state index contributed by atoms with van der Waals surface area (Å²) >= 11 is 1.87. The Morgan fingerprint density at radius 2 is 2.14 bits per heavy atom.